The Hall–Kier alpha value is -4.83. The smallest absolute Gasteiger partial charge is 0.305 e. The van der Waals surface area contributed by atoms with Gasteiger partial charge in [-0.15, -0.1) is 0 Å². The third kappa shape index (κ3) is 4.85. The molecule has 2 aliphatic heterocycles. The van der Waals surface area contributed by atoms with Crippen molar-refractivity contribution in [2.24, 2.45) is 4.99 Å². The van der Waals surface area contributed by atoms with E-state index in [1.807, 2.05) is 6.07 Å². The van der Waals surface area contributed by atoms with E-state index >= 15 is 0 Å². The largest absolute Gasteiger partial charge is 0.481 e. The zero-order valence-electron chi connectivity index (χ0n) is 21.1. The van der Waals surface area contributed by atoms with Crippen LogP contribution in [0.25, 0.3) is 11.0 Å². The van der Waals surface area contributed by atoms with Crippen molar-refractivity contribution in [1.82, 2.24) is 10.2 Å². The van der Waals surface area contributed by atoms with Gasteiger partial charge in [0.1, 0.15) is 0 Å². The summed E-state index contributed by atoms with van der Waals surface area (Å²) in [5.41, 5.74) is 3.84. The number of carboxylic acids is 1. The number of fused-ring (bicyclic) bond motifs is 2. The summed E-state index contributed by atoms with van der Waals surface area (Å²) in [6.07, 6.45) is 1.19. The third-order valence-electron chi connectivity index (χ3n) is 6.97. The number of amides is 2. The average Bonchev–Trinajstić information content (AvgIpc) is 3.70. The Morgan fingerprint density at radius 3 is 2.80 bits per heavy atom. The molecule has 0 aliphatic carbocycles. The van der Waals surface area contributed by atoms with Crippen molar-refractivity contribution in [1.29, 1.82) is 0 Å². The van der Waals surface area contributed by atoms with Crippen molar-refractivity contribution in [3.63, 3.8) is 0 Å². The minimum atomic E-state index is -1.04. The highest BCUT2D eigenvalue weighted by Crippen LogP contribution is 2.39. The van der Waals surface area contributed by atoms with Gasteiger partial charge in [-0.25, -0.2) is 0 Å². The highest BCUT2D eigenvalue weighted by atomic mass is 35.5. The fourth-order valence-corrected chi connectivity index (χ4v) is 5.32. The predicted octanol–water partition coefficient (Wildman–Crippen LogP) is 4.88. The monoisotopic (exact) mass is 557 g/mol. The van der Waals surface area contributed by atoms with Gasteiger partial charge in [0.15, 0.2) is 11.5 Å². The van der Waals surface area contributed by atoms with Crippen LogP contribution >= 0.6 is 11.6 Å². The molecule has 3 heterocycles. The van der Waals surface area contributed by atoms with E-state index < -0.39 is 12.0 Å². The number of carbonyl (C=O) groups is 3. The van der Waals surface area contributed by atoms with E-state index in [9.17, 15) is 19.5 Å². The molecule has 1 aromatic heterocycles. The summed E-state index contributed by atoms with van der Waals surface area (Å²) >= 11 is 6.26. The molecule has 40 heavy (non-hydrogen) atoms. The quantitative estimate of drug-likeness (QED) is 0.254. The molecule has 3 aromatic carbocycles. The number of hydrogen-bond acceptors (Lipinski definition) is 7. The second-order valence-corrected chi connectivity index (χ2v) is 9.94. The van der Waals surface area contributed by atoms with Gasteiger partial charge >= 0.3 is 5.97 Å². The number of furan rings is 1. The van der Waals surface area contributed by atoms with Crippen molar-refractivity contribution in [2.75, 3.05) is 23.7 Å². The number of rotatable bonds is 7. The van der Waals surface area contributed by atoms with E-state index in [0.29, 0.717) is 50.9 Å². The average molecular weight is 558 g/mol. The Kier molecular flexibility index (Phi) is 6.61. The molecule has 2 amide bonds. The molecule has 10 nitrogen and oxygen atoms in total. The van der Waals surface area contributed by atoms with E-state index in [-0.39, 0.29) is 24.8 Å². The predicted molar refractivity (Wildman–Crippen MR) is 151 cm³/mol. The molecule has 2 aliphatic rings. The molecule has 1 unspecified atom stereocenters. The van der Waals surface area contributed by atoms with E-state index in [2.05, 4.69) is 20.9 Å². The van der Waals surface area contributed by atoms with Crippen LogP contribution in [0.2, 0.25) is 5.02 Å². The van der Waals surface area contributed by atoms with Gasteiger partial charge in [-0.2, -0.15) is 0 Å². The maximum atomic E-state index is 13.6. The normalized spacial score (nSPS) is 15.0. The second-order valence-electron chi connectivity index (χ2n) is 9.54. The van der Waals surface area contributed by atoms with Crippen LogP contribution in [0.3, 0.4) is 0 Å². The zero-order chi connectivity index (χ0) is 27.8. The number of carboxylic acid groups (broad SMARTS) is 1. The molecule has 0 bridgehead atoms. The lowest BCUT2D eigenvalue weighted by atomic mass is 9.98. The number of aliphatic carboxylic acids is 1. The Labute approximate surface area is 233 Å². The number of anilines is 2. The summed E-state index contributed by atoms with van der Waals surface area (Å²) < 4.78 is 5.49. The molecular formula is C29H24ClN5O5. The van der Waals surface area contributed by atoms with Gasteiger partial charge in [0, 0.05) is 41.0 Å². The van der Waals surface area contributed by atoms with Gasteiger partial charge in [0.2, 0.25) is 0 Å². The number of hydrogen-bond donors (Lipinski definition) is 4. The first-order valence-electron chi connectivity index (χ1n) is 12.7. The topological polar surface area (TPSA) is 136 Å². The Balaban J connectivity index is 1.23. The lowest BCUT2D eigenvalue weighted by Crippen LogP contribution is -2.31. The van der Waals surface area contributed by atoms with Crippen LogP contribution in [0, 0.1) is 0 Å². The first kappa shape index (κ1) is 25.4. The number of carbonyl (C=O) groups excluding carboxylic acids is 2. The van der Waals surface area contributed by atoms with E-state index in [1.165, 1.54) is 11.2 Å². The lowest BCUT2D eigenvalue weighted by molar-refractivity contribution is -0.138. The molecule has 1 atom stereocenters. The van der Waals surface area contributed by atoms with Crippen molar-refractivity contribution in [3.8, 4) is 0 Å². The molecule has 0 spiro atoms. The number of nitrogens with zero attached hydrogens (tertiary/aromatic N) is 2. The Morgan fingerprint density at radius 1 is 1.12 bits per heavy atom. The first-order chi connectivity index (χ1) is 19.4. The van der Waals surface area contributed by atoms with Gasteiger partial charge in [0.25, 0.3) is 11.8 Å². The molecule has 4 N–H and O–H groups in total. The van der Waals surface area contributed by atoms with Crippen LogP contribution in [0.1, 0.15) is 44.3 Å². The Bertz CT molecular complexity index is 1700. The van der Waals surface area contributed by atoms with Crippen LogP contribution in [-0.4, -0.2) is 46.8 Å². The van der Waals surface area contributed by atoms with Crippen molar-refractivity contribution < 1.29 is 23.9 Å². The number of nitrogens with one attached hydrogen (secondary N) is 3. The summed E-state index contributed by atoms with van der Waals surface area (Å²) in [6.45, 7) is 1.69. The van der Waals surface area contributed by atoms with Crippen LogP contribution in [0.5, 0.6) is 0 Å². The minimum absolute atomic E-state index is 0.230. The third-order valence-corrected chi connectivity index (χ3v) is 7.26. The zero-order valence-corrected chi connectivity index (χ0v) is 21.9. The fraction of sp³-hybridized carbons (Fsp3) is 0.172. The summed E-state index contributed by atoms with van der Waals surface area (Å²) in [5.74, 6) is -1.03. The van der Waals surface area contributed by atoms with Gasteiger partial charge in [-0.3, -0.25) is 19.4 Å². The van der Waals surface area contributed by atoms with Crippen LogP contribution in [0.15, 0.2) is 76.3 Å². The number of halogens is 1. The van der Waals surface area contributed by atoms with Crippen LogP contribution in [-0.2, 0) is 11.3 Å². The summed E-state index contributed by atoms with van der Waals surface area (Å²) in [7, 11) is 0. The minimum Gasteiger partial charge on any atom is -0.481 e. The van der Waals surface area contributed by atoms with E-state index in [0.717, 1.165) is 17.8 Å². The molecule has 4 aromatic rings. The molecule has 6 rings (SSSR count). The van der Waals surface area contributed by atoms with Gasteiger partial charge in [-0.1, -0.05) is 29.8 Å². The summed E-state index contributed by atoms with van der Waals surface area (Å²) in [6, 6.07) is 16.5. The summed E-state index contributed by atoms with van der Waals surface area (Å²) in [4.78, 5) is 44.3. The lowest BCUT2D eigenvalue weighted by Gasteiger charge is -2.27. The van der Waals surface area contributed by atoms with Gasteiger partial charge < -0.3 is 30.4 Å². The molecular weight excluding hydrogens is 534 g/mol. The first-order valence-corrected chi connectivity index (χ1v) is 13.0. The Morgan fingerprint density at radius 2 is 2.00 bits per heavy atom. The highest BCUT2D eigenvalue weighted by molar-refractivity contribution is 6.35. The fourth-order valence-electron chi connectivity index (χ4n) is 5.11. The number of guanidine groups is 1. The molecule has 0 radical (unpaired) electrons. The van der Waals surface area contributed by atoms with Crippen molar-refractivity contribution >= 4 is 57.7 Å². The van der Waals surface area contributed by atoms with Crippen molar-refractivity contribution in [3.05, 3.63) is 94.2 Å². The molecule has 11 heteroatoms. The second kappa shape index (κ2) is 10.4. The molecule has 202 valence electrons. The van der Waals surface area contributed by atoms with Crippen LogP contribution < -0.4 is 16.0 Å². The molecule has 0 saturated carbocycles. The standard InChI is InChI=1S/C29H24ClN5O5/c30-23-7-6-20(21-8-11-40-26(21)23)24(14-25(36)37)35-15-17-4-5-19(13-22(17)28(35)39)33-27(38)16-2-1-3-18(12-16)34-29-31-9-10-32-29/h1-8,11-13,24H,9-10,14-15H2,(H,33,38)(H,36,37)(H2,31,32,34). The highest BCUT2D eigenvalue weighted by Gasteiger charge is 2.36. The van der Waals surface area contributed by atoms with Crippen molar-refractivity contribution in [2.45, 2.75) is 19.0 Å². The molecule has 0 fully saturated rings. The SMILES string of the molecule is O=C(O)CC(c1ccc(Cl)c2occc12)N1Cc2ccc(NC(=O)c3cccc(NC4=NCCN4)c3)cc2C1=O. The van der Waals surface area contributed by atoms with E-state index in [4.69, 9.17) is 16.0 Å². The van der Waals surface area contributed by atoms with Crippen LogP contribution in [0.4, 0.5) is 11.4 Å². The van der Waals surface area contributed by atoms with Gasteiger partial charge in [0.05, 0.1) is 30.3 Å². The maximum Gasteiger partial charge on any atom is 0.305 e. The number of benzene rings is 3. The number of aliphatic imine (C=N–C) groups is 1. The maximum absolute atomic E-state index is 13.6. The van der Waals surface area contributed by atoms with E-state index in [1.54, 1.807) is 54.6 Å². The van der Waals surface area contributed by atoms with Gasteiger partial charge in [-0.05, 0) is 53.6 Å². The molecule has 0 saturated heterocycles. The summed E-state index contributed by atoms with van der Waals surface area (Å²) in [5, 5.41) is 19.9.